The number of rotatable bonds is 5. The molecule has 124 valence electrons. The number of halogens is 1. The predicted molar refractivity (Wildman–Crippen MR) is 97.8 cm³/mol. The highest BCUT2D eigenvalue weighted by molar-refractivity contribution is 9.10. The van der Waals surface area contributed by atoms with Crippen LogP contribution in [0.5, 0.6) is 0 Å². The van der Waals surface area contributed by atoms with Crippen molar-refractivity contribution in [3.05, 3.63) is 64.3 Å². The molecule has 24 heavy (non-hydrogen) atoms. The second-order valence-electron chi connectivity index (χ2n) is 5.61. The molecule has 2 aromatic carbocycles. The van der Waals surface area contributed by atoms with Gasteiger partial charge in [-0.2, -0.15) is 0 Å². The van der Waals surface area contributed by atoms with E-state index in [0.29, 0.717) is 18.4 Å². The SMILES string of the molecule is Cc1ccc(S(=O)(=O)n2cc(CCC=O)c3c(Br)cccc32)cc1. The van der Waals surface area contributed by atoms with Gasteiger partial charge in [0.05, 0.1) is 10.4 Å². The van der Waals surface area contributed by atoms with Crippen molar-refractivity contribution in [3.8, 4) is 0 Å². The van der Waals surface area contributed by atoms with Crippen molar-refractivity contribution in [1.82, 2.24) is 3.97 Å². The third kappa shape index (κ3) is 2.91. The Balaban J connectivity index is 2.24. The Hall–Kier alpha value is -1.92. The maximum absolute atomic E-state index is 13.0. The number of hydrogen-bond donors (Lipinski definition) is 0. The van der Waals surface area contributed by atoms with Crippen LogP contribution in [0.15, 0.2) is 58.0 Å². The Labute approximate surface area is 149 Å². The molecule has 0 N–H and O–H groups in total. The maximum atomic E-state index is 13.0. The zero-order chi connectivity index (χ0) is 17.3. The van der Waals surface area contributed by atoms with Crippen LogP contribution in [-0.2, 0) is 21.2 Å². The van der Waals surface area contributed by atoms with E-state index in [2.05, 4.69) is 15.9 Å². The van der Waals surface area contributed by atoms with Crippen LogP contribution in [0.2, 0.25) is 0 Å². The van der Waals surface area contributed by atoms with E-state index in [9.17, 15) is 13.2 Å². The minimum atomic E-state index is -3.70. The van der Waals surface area contributed by atoms with Gasteiger partial charge in [-0.3, -0.25) is 0 Å². The molecule has 4 nitrogen and oxygen atoms in total. The molecule has 0 spiro atoms. The summed E-state index contributed by atoms with van der Waals surface area (Å²) in [6.07, 6.45) is 3.31. The number of benzene rings is 2. The van der Waals surface area contributed by atoms with Gasteiger partial charge in [0.2, 0.25) is 0 Å². The number of aldehydes is 1. The zero-order valence-corrected chi connectivity index (χ0v) is 15.5. The monoisotopic (exact) mass is 405 g/mol. The van der Waals surface area contributed by atoms with E-state index in [1.165, 1.54) is 3.97 Å². The molecular weight excluding hydrogens is 390 g/mol. The molecule has 0 bridgehead atoms. The fourth-order valence-electron chi connectivity index (χ4n) is 2.72. The van der Waals surface area contributed by atoms with Crippen LogP contribution < -0.4 is 0 Å². The van der Waals surface area contributed by atoms with Gasteiger partial charge < -0.3 is 4.79 Å². The Morgan fingerprint density at radius 1 is 1.12 bits per heavy atom. The lowest BCUT2D eigenvalue weighted by Gasteiger charge is -2.08. The van der Waals surface area contributed by atoms with E-state index in [1.807, 2.05) is 13.0 Å². The summed E-state index contributed by atoms with van der Waals surface area (Å²) in [5.41, 5.74) is 2.44. The first-order valence-electron chi connectivity index (χ1n) is 7.49. The van der Waals surface area contributed by atoms with Crippen LogP contribution in [-0.4, -0.2) is 18.7 Å². The van der Waals surface area contributed by atoms with E-state index >= 15 is 0 Å². The lowest BCUT2D eigenvalue weighted by Crippen LogP contribution is -2.11. The standard InChI is InChI=1S/C18H16BrNO3S/c1-13-7-9-15(10-8-13)24(22,23)20-12-14(4-3-11-21)18-16(19)5-2-6-17(18)20/h2,5-12H,3-4H2,1H3. The molecule has 0 aliphatic rings. The van der Waals surface area contributed by atoms with Crippen molar-refractivity contribution in [2.75, 3.05) is 0 Å². The van der Waals surface area contributed by atoms with Crippen molar-refractivity contribution < 1.29 is 13.2 Å². The van der Waals surface area contributed by atoms with Gasteiger partial charge in [0.1, 0.15) is 6.29 Å². The van der Waals surface area contributed by atoms with Crippen molar-refractivity contribution >= 4 is 43.1 Å². The highest BCUT2D eigenvalue weighted by atomic mass is 79.9. The molecule has 0 saturated heterocycles. The number of carbonyl (C=O) groups is 1. The zero-order valence-electron chi connectivity index (χ0n) is 13.1. The van der Waals surface area contributed by atoms with Gasteiger partial charge in [-0.25, -0.2) is 12.4 Å². The van der Waals surface area contributed by atoms with E-state index < -0.39 is 10.0 Å². The number of aryl methyl sites for hydroxylation is 2. The van der Waals surface area contributed by atoms with Crippen LogP contribution in [0, 0.1) is 6.92 Å². The van der Waals surface area contributed by atoms with Crippen LogP contribution in [0.3, 0.4) is 0 Å². The summed E-state index contributed by atoms with van der Waals surface area (Å²) in [6, 6.07) is 12.2. The fraction of sp³-hybridized carbons (Fsp3) is 0.167. The van der Waals surface area contributed by atoms with Gasteiger partial charge in [0.15, 0.2) is 0 Å². The molecule has 1 aromatic heterocycles. The predicted octanol–water partition coefficient (Wildman–Crippen LogP) is 4.08. The lowest BCUT2D eigenvalue weighted by molar-refractivity contribution is -0.107. The second kappa shape index (κ2) is 6.53. The third-order valence-corrected chi connectivity index (χ3v) is 6.28. The third-order valence-electron chi connectivity index (χ3n) is 3.93. The van der Waals surface area contributed by atoms with Crippen molar-refractivity contribution in [3.63, 3.8) is 0 Å². The minimum absolute atomic E-state index is 0.243. The minimum Gasteiger partial charge on any atom is -0.303 e. The van der Waals surface area contributed by atoms with E-state index in [4.69, 9.17) is 0 Å². The quantitative estimate of drug-likeness (QED) is 0.600. The molecule has 0 fully saturated rings. The summed E-state index contributed by atoms with van der Waals surface area (Å²) in [6.45, 7) is 1.91. The molecule has 3 rings (SSSR count). The highest BCUT2D eigenvalue weighted by Gasteiger charge is 2.22. The highest BCUT2D eigenvalue weighted by Crippen LogP contribution is 2.32. The summed E-state index contributed by atoms with van der Waals surface area (Å²) < 4.78 is 28.2. The Bertz CT molecular complexity index is 1000. The van der Waals surface area contributed by atoms with Gasteiger partial charge in [0.25, 0.3) is 10.0 Å². The second-order valence-corrected chi connectivity index (χ2v) is 8.28. The molecule has 0 radical (unpaired) electrons. The number of aromatic nitrogens is 1. The molecule has 6 heteroatoms. The van der Waals surface area contributed by atoms with Crippen LogP contribution in [0.4, 0.5) is 0 Å². The average molecular weight is 406 g/mol. The van der Waals surface area contributed by atoms with E-state index in [-0.39, 0.29) is 4.90 Å². The largest absolute Gasteiger partial charge is 0.303 e. The van der Waals surface area contributed by atoms with Crippen molar-refractivity contribution in [2.45, 2.75) is 24.7 Å². The lowest BCUT2D eigenvalue weighted by atomic mass is 10.1. The molecule has 0 aliphatic carbocycles. The van der Waals surface area contributed by atoms with E-state index in [0.717, 1.165) is 27.3 Å². The molecular formula is C18H16BrNO3S. The Kier molecular flexibility index (Phi) is 4.60. The van der Waals surface area contributed by atoms with E-state index in [1.54, 1.807) is 42.6 Å². The van der Waals surface area contributed by atoms with Gasteiger partial charge in [-0.1, -0.05) is 39.7 Å². The van der Waals surface area contributed by atoms with Crippen molar-refractivity contribution in [1.29, 1.82) is 0 Å². The van der Waals surface area contributed by atoms with Crippen molar-refractivity contribution in [2.24, 2.45) is 0 Å². The normalized spacial score (nSPS) is 11.8. The number of nitrogens with zero attached hydrogens (tertiary/aromatic N) is 1. The molecule has 1 heterocycles. The van der Waals surface area contributed by atoms with Gasteiger partial charge in [-0.15, -0.1) is 0 Å². The first kappa shape index (κ1) is 16.9. The molecule has 0 saturated carbocycles. The Morgan fingerprint density at radius 2 is 1.83 bits per heavy atom. The smallest absolute Gasteiger partial charge is 0.268 e. The topological polar surface area (TPSA) is 56.1 Å². The average Bonchev–Trinajstić information content (AvgIpc) is 2.94. The van der Waals surface area contributed by atoms with Gasteiger partial charge >= 0.3 is 0 Å². The van der Waals surface area contributed by atoms with Crippen LogP contribution in [0.1, 0.15) is 17.5 Å². The summed E-state index contributed by atoms with van der Waals surface area (Å²) in [5.74, 6) is 0. The molecule has 0 amide bonds. The van der Waals surface area contributed by atoms with Gasteiger partial charge in [0, 0.05) is 22.5 Å². The molecule has 0 atom stereocenters. The molecule has 0 unspecified atom stereocenters. The fourth-order valence-corrected chi connectivity index (χ4v) is 4.71. The summed E-state index contributed by atoms with van der Waals surface area (Å²) in [4.78, 5) is 11.0. The van der Waals surface area contributed by atoms with Crippen LogP contribution in [0.25, 0.3) is 10.9 Å². The first-order valence-corrected chi connectivity index (χ1v) is 9.73. The summed E-state index contributed by atoms with van der Waals surface area (Å²) in [7, 11) is -3.70. The molecule has 3 aromatic rings. The Morgan fingerprint density at radius 3 is 2.50 bits per heavy atom. The number of hydrogen-bond acceptors (Lipinski definition) is 3. The molecule has 0 aliphatic heterocycles. The van der Waals surface area contributed by atoms with Gasteiger partial charge in [-0.05, 0) is 43.2 Å². The van der Waals surface area contributed by atoms with Crippen LogP contribution >= 0.6 is 15.9 Å². The first-order chi connectivity index (χ1) is 11.4. The summed E-state index contributed by atoms with van der Waals surface area (Å²) in [5, 5.41) is 0.829. The number of fused-ring (bicyclic) bond motifs is 1. The number of carbonyl (C=O) groups excluding carboxylic acids is 1. The summed E-state index contributed by atoms with van der Waals surface area (Å²) >= 11 is 3.49. The maximum Gasteiger partial charge on any atom is 0.268 e.